The van der Waals surface area contributed by atoms with Gasteiger partial charge in [-0.25, -0.2) is 9.97 Å². The van der Waals surface area contributed by atoms with Gasteiger partial charge >= 0.3 is 0 Å². The van der Waals surface area contributed by atoms with Crippen LogP contribution in [0, 0.1) is 5.92 Å². The van der Waals surface area contributed by atoms with Gasteiger partial charge in [0.1, 0.15) is 0 Å². The molecule has 1 aliphatic carbocycles. The van der Waals surface area contributed by atoms with E-state index in [1.807, 2.05) is 29.3 Å². The largest absolute Gasteiger partial charge is 0.360 e. The Bertz CT molecular complexity index is 1170. The molecule has 2 aromatic heterocycles. The van der Waals surface area contributed by atoms with Crippen LogP contribution >= 0.6 is 11.6 Å². The van der Waals surface area contributed by atoms with Gasteiger partial charge in [0.05, 0.1) is 16.9 Å². The predicted octanol–water partition coefficient (Wildman–Crippen LogP) is 4.58. The lowest BCUT2D eigenvalue weighted by Gasteiger charge is -2.38. The summed E-state index contributed by atoms with van der Waals surface area (Å²) in [5.74, 6) is 1.30. The van der Waals surface area contributed by atoms with Gasteiger partial charge in [-0.05, 0) is 37.3 Å². The number of fused-ring (bicyclic) bond motifs is 1. The van der Waals surface area contributed by atoms with Crippen molar-refractivity contribution in [1.82, 2.24) is 24.8 Å². The number of aromatic nitrogens is 3. The Kier molecular flexibility index (Phi) is 6.83. The summed E-state index contributed by atoms with van der Waals surface area (Å²) in [6.07, 6.45) is 9.72. The number of piperazine rings is 1. The average Bonchev–Trinajstić information content (AvgIpc) is 3.29. The van der Waals surface area contributed by atoms with Crippen LogP contribution in [0.3, 0.4) is 0 Å². The molecular weight excluding hydrogens is 448 g/mol. The van der Waals surface area contributed by atoms with Crippen molar-refractivity contribution in [2.45, 2.75) is 31.7 Å². The molecule has 2 atom stereocenters. The fraction of sp³-hybridized carbons (Fsp3) is 0.423. The standard InChI is InChI=1S/C26H31ClN6O/c1-2-24(34)33-12-10-32(11-13-33)17-18-6-5-7-19(14-18)30-26-29-16-22(27)25(31-26)21-15-28-23-9-4-3-8-20(21)23/h2-4,8-9,15-16,18-19,28H,1,5-7,10-14,17H2,(H,29,30,31)/t18-,19+/m1/s1. The number of aromatic amines is 1. The van der Waals surface area contributed by atoms with E-state index >= 15 is 0 Å². The number of benzene rings is 1. The van der Waals surface area contributed by atoms with Crippen molar-refractivity contribution in [3.63, 3.8) is 0 Å². The summed E-state index contributed by atoms with van der Waals surface area (Å²) in [5.41, 5.74) is 2.80. The number of hydrogen-bond acceptors (Lipinski definition) is 5. The average molecular weight is 479 g/mol. The van der Waals surface area contributed by atoms with E-state index in [1.54, 1.807) is 6.20 Å². The molecule has 8 heteroatoms. The molecule has 5 rings (SSSR count). The summed E-state index contributed by atoms with van der Waals surface area (Å²) in [6, 6.07) is 8.50. The van der Waals surface area contributed by atoms with E-state index in [0.29, 0.717) is 22.9 Å². The van der Waals surface area contributed by atoms with Crippen LogP contribution in [0.15, 0.2) is 49.3 Å². The van der Waals surface area contributed by atoms with E-state index in [-0.39, 0.29) is 5.91 Å². The number of rotatable bonds is 6. The van der Waals surface area contributed by atoms with Crippen molar-refractivity contribution in [2.24, 2.45) is 5.92 Å². The molecule has 1 saturated heterocycles. The van der Waals surface area contributed by atoms with Crippen LogP contribution < -0.4 is 5.32 Å². The Morgan fingerprint density at radius 3 is 2.88 bits per heavy atom. The van der Waals surface area contributed by atoms with Crippen LogP contribution in [0.4, 0.5) is 5.95 Å². The first kappa shape index (κ1) is 22.9. The number of halogens is 1. The molecule has 0 spiro atoms. The highest BCUT2D eigenvalue weighted by molar-refractivity contribution is 6.33. The number of para-hydroxylation sites is 1. The first-order chi connectivity index (χ1) is 16.6. The molecule has 0 bridgehead atoms. The van der Waals surface area contributed by atoms with Crippen molar-refractivity contribution in [3.8, 4) is 11.3 Å². The Balaban J connectivity index is 1.22. The minimum Gasteiger partial charge on any atom is -0.360 e. The van der Waals surface area contributed by atoms with Crippen LogP contribution in [0.25, 0.3) is 22.2 Å². The lowest BCUT2D eigenvalue weighted by molar-refractivity contribution is -0.127. The fourth-order valence-corrected chi connectivity index (χ4v) is 5.50. The molecule has 3 aromatic rings. The second-order valence-corrected chi connectivity index (χ2v) is 9.75. The third-order valence-electron chi connectivity index (χ3n) is 7.08. The van der Waals surface area contributed by atoms with Crippen LogP contribution in [0.1, 0.15) is 25.7 Å². The maximum absolute atomic E-state index is 11.8. The molecule has 2 N–H and O–H groups in total. The molecule has 2 fully saturated rings. The maximum Gasteiger partial charge on any atom is 0.246 e. The quantitative estimate of drug-likeness (QED) is 0.507. The molecule has 1 aromatic carbocycles. The molecule has 1 aliphatic heterocycles. The molecule has 1 saturated carbocycles. The van der Waals surface area contributed by atoms with E-state index in [4.69, 9.17) is 16.6 Å². The van der Waals surface area contributed by atoms with Crippen molar-refractivity contribution in [1.29, 1.82) is 0 Å². The Morgan fingerprint density at radius 1 is 1.24 bits per heavy atom. The number of amides is 1. The maximum atomic E-state index is 11.8. The molecule has 3 heterocycles. The smallest absolute Gasteiger partial charge is 0.246 e. The molecule has 34 heavy (non-hydrogen) atoms. The molecular formula is C26H31ClN6O. The van der Waals surface area contributed by atoms with Crippen LogP contribution in [-0.4, -0.2) is 69.4 Å². The highest BCUT2D eigenvalue weighted by Gasteiger charge is 2.27. The van der Waals surface area contributed by atoms with E-state index in [9.17, 15) is 4.79 Å². The lowest BCUT2D eigenvalue weighted by atomic mass is 9.85. The number of H-pyrrole nitrogens is 1. The normalized spacial score (nSPS) is 21.5. The van der Waals surface area contributed by atoms with Gasteiger partial charge in [0.2, 0.25) is 11.9 Å². The SMILES string of the molecule is C=CC(=O)N1CCN(C[C@@H]2CCC[C@H](Nc3ncc(Cl)c(-c4c[nH]c5ccccc45)n3)C2)CC1. The second-order valence-electron chi connectivity index (χ2n) is 9.34. The number of nitrogens with one attached hydrogen (secondary N) is 2. The molecule has 0 unspecified atom stereocenters. The highest BCUT2D eigenvalue weighted by Crippen LogP contribution is 2.33. The van der Waals surface area contributed by atoms with Crippen LogP contribution in [-0.2, 0) is 4.79 Å². The van der Waals surface area contributed by atoms with Crippen molar-refractivity contribution in [3.05, 3.63) is 54.3 Å². The van der Waals surface area contributed by atoms with E-state index in [2.05, 4.69) is 32.8 Å². The number of carbonyl (C=O) groups excluding carboxylic acids is 1. The predicted molar refractivity (Wildman–Crippen MR) is 137 cm³/mol. The zero-order chi connectivity index (χ0) is 23.5. The first-order valence-electron chi connectivity index (χ1n) is 12.1. The van der Waals surface area contributed by atoms with Gasteiger partial charge in [-0.1, -0.05) is 42.8 Å². The van der Waals surface area contributed by atoms with Crippen molar-refractivity contribution in [2.75, 3.05) is 38.0 Å². The minimum absolute atomic E-state index is 0.0385. The molecule has 7 nitrogen and oxygen atoms in total. The summed E-state index contributed by atoms with van der Waals surface area (Å²) in [6.45, 7) is 8.12. The number of carbonyl (C=O) groups is 1. The second kappa shape index (κ2) is 10.2. The van der Waals surface area contributed by atoms with E-state index < -0.39 is 0 Å². The van der Waals surface area contributed by atoms with Gasteiger partial charge in [-0.3, -0.25) is 9.69 Å². The summed E-state index contributed by atoms with van der Waals surface area (Å²) in [7, 11) is 0. The van der Waals surface area contributed by atoms with Crippen molar-refractivity contribution < 1.29 is 4.79 Å². The zero-order valence-electron chi connectivity index (χ0n) is 19.3. The van der Waals surface area contributed by atoms with Gasteiger partial charge in [0, 0.05) is 61.4 Å². The van der Waals surface area contributed by atoms with E-state index in [1.165, 1.54) is 18.9 Å². The van der Waals surface area contributed by atoms with Gasteiger partial charge in [0.15, 0.2) is 0 Å². The summed E-state index contributed by atoms with van der Waals surface area (Å²) < 4.78 is 0. The topological polar surface area (TPSA) is 77.2 Å². The van der Waals surface area contributed by atoms with Crippen LogP contribution in [0.5, 0.6) is 0 Å². The lowest BCUT2D eigenvalue weighted by Crippen LogP contribution is -2.49. The monoisotopic (exact) mass is 478 g/mol. The van der Waals surface area contributed by atoms with Gasteiger partial charge < -0.3 is 15.2 Å². The molecule has 1 amide bonds. The number of anilines is 1. The number of nitrogens with zero attached hydrogens (tertiary/aromatic N) is 4. The molecule has 2 aliphatic rings. The van der Waals surface area contributed by atoms with Crippen molar-refractivity contribution >= 4 is 34.4 Å². The number of hydrogen-bond donors (Lipinski definition) is 2. The van der Waals surface area contributed by atoms with E-state index in [0.717, 1.165) is 67.7 Å². The van der Waals surface area contributed by atoms with Gasteiger partial charge in [0.25, 0.3) is 0 Å². The zero-order valence-corrected chi connectivity index (χ0v) is 20.1. The summed E-state index contributed by atoms with van der Waals surface area (Å²) in [4.78, 5) is 28.8. The third kappa shape index (κ3) is 4.95. The van der Waals surface area contributed by atoms with Gasteiger partial charge in [-0.15, -0.1) is 0 Å². The van der Waals surface area contributed by atoms with Gasteiger partial charge in [-0.2, -0.15) is 0 Å². The summed E-state index contributed by atoms with van der Waals surface area (Å²) in [5, 5.41) is 5.23. The fourth-order valence-electron chi connectivity index (χ4n) is 5.31. The highest BCUT2D eigenvalue weighted by atomic mass is 35.5. The molecule has 178 valence electrons. The Morgan fingerprint density at radius 2 is 2.06 bits per heavy atom. The molecule has 0 radical (unpaired) electrons. The Hall–Kier alpha value is -2.90. The minimum atomic E-state index is 0.0385. The summed E-state index contributed by atoms with van der Waals surface area (Å²) >= 11 is 6.50. The van der Waals surface area contributed by atoms with Crippen LogP contribution in [0.2, 0.25) is 5.02 Å². The first-order valence-corrected chi connectivity index (χ1v) is 12.5. The third-order valence-corrected chi connectivity index (χ3v) is 7.36. The Labute approximate surface area is 205 Å².